The molecule has 1 unspecified atom stereocenters. The van der Waals surface area contributed by atoms with Crippen LogP contribution in [0.15, 0.2) is 24.3 Å². The van der Waals surface area contributed by atoms with Gasteiger partial charge in [-0.15, -0.1) is 0 Å². The van der Waals surface area contributed by atoms with Crippen LogP contribution in [-0.2, 0) is 14.6 Å². The Kier molecular flexibility index (Phi) is 4.23. The molecule has 1 saturated heterocycles. The highest BCUT2D eigenvalue weighted by molar-refractivity contribution is 7.91. The van der Waals surface area contributed by atoms with Crippen LogP contribution in [0.25, 0.3) is 0 Å². The maximum Gasteiger partial charge on any atom is 0.405 e. The Morgan fingerprint density at radius 1 is 1.17 bits per heavy atom. The molecule has 5 nitrogen and oxygen atoms in total. The lowest BCUT2D eigenvalue weighted by Gasteiger charge is -2.38. The van der Waals surface area contributed by atoms with Crippen LogP contribution < -0.4 is 9.80 Å². The number of benzene rings is 1. The van der Waals surface area contributed by atoms with E-state index in [9.17, 15) is 26.4 Å². The van der Waals surface area contributed by atoms with Crippen LogP contribution in [0.5, 0.6) is 0 Å². The monoisotopic (exact) mass is 362 g/mol. The normalized spacial score (nSPS) is 23.2. The Hall–Kier alpha value is -1.77. The highest BCUT2D eigenvalue weighted by atomic mass is 32.2. The molecule has 0 N–H and O–H groups in total. The summed E-state index contributed by atoms with van der Waals surface area (Å²) in [4.78, 5) is 15.3. The van der Waals surface area contributed by atoms with Crippen molar-refractivity contribution in [1.29, 1.82) is 0 Å². The average Bonchev–Trinajstić information content (AvgIpc) is 2.86. The molecule has 0 radical (unpaired) electrons. The number of anilines is 2. The van der Waals surface area contributed by atoms with Gasteiger partial charge < -0.3 is 9.80 Å². The van der Waals surface area contributed by atoms with Crippen LogP contribution in [-0.4, -0.2) is 51.6 Å². The lowest BCUT2D eigenvalue weighted by Crippen LogP contribution is -2.48. The van der Waals surface area contributed by atoms with Crippen molar-refractivity contribution >= 4 is 27.1 Å². The molecule has 24 heavy (non-hydrogen) atoms. The Bertz CT molecular complexity index is 749. The van der Waals surface area contributed by atoms with Gasteiger partial charge in [0, 0.05) is 13.1 Å². The van der Waals surface area contributed by atoms with Gasteiger partial charge in [0.05, 0.1) is 28.8 Å². The SMILES string of the molecule is O=C(C1CCS(=O)(=O)C1)N1CCN(CC(F)(F)F)c2ccccc21. The van der Waals surface area contributed by atoms with Gasteiger partial charge in [-0.3, -0.25) is 4.79 Å². The van der Waals surface area contributed by atoms with E-state index in [1.807, 2.05) is 0 Å². The minimum absolute atomic E-state index is 0.0148. The summed E-state index contributed by atoms with van der Waals surface area (Å²) < 4.78 is 61.4. The fraction of sp³-hybridized carbons (Fsp3) is 0.533. The Balaban J connectivity index is 1.86. The third kappa shape index (κ3) is 3.50. The number of sulfone groups is 1. The maximum absolute atomic E-state index is 12.7. The van der Waals surface area contributed by atoms with Crippen LogP contribution in [0.1, 0.15) is 6.42 Å². The Morgan fingerprint density at radius 2 is 1.83 bits per heavy atom. The zero-order valence-electron chi connectivity index (χ0n) is 12.8. The molecule has 1 fully saturated rings. The molecule has 2 aliphatic heterocycles. The minimum atomic E-state index is -4.33. The third-order valence-electron chi connectivity index (χ3n) is 4.32. The van der Waals surface area contributed by atoms with Gasteiger partial charge in [-0.25, -0.2) is 8.42 Å². The molecule has 2 aliphatic rings. The summed E-state index contributed by atoms with van der Waals surface area (Å²) in [6, 6.07) is 6.42. The second-order valence-electron chi connectivity index (χ2n) is 6.12. The van der Waals surface area contributed by atoms with E-state index in [1.54, 1.807) is 24.3 Å². The summed E-state index contributed by atoms with van der Waals surface area (Å²) in [7, 11) is -3.20. The van der Waals surface area contributed by atoms with Crippen LogP contribution in [0.2, 0.25) is 0 Å². The summed E-state index contributed by atoms with van der Waals surface area (Å²) in [5.74, 6) is -1.14. The standard InChI is InChI=1S/C15H17F3N2O3S/c16-15(17,18)10-19-6-7-20(13-4-2-1-3-12(13)19)14(21)11-5-8-24(22,23)9-11/h1-4,11H,5-10H2. The summed E-state index contributed by atoms with van der Waals surface area (Å²) >= 11 is 0. The summed E-state index contributed by atoms with van der Waals surface area (Å²) in [6.45, 7) is -0.909. The van der Waals surface area contributed by atoms with E-state index in [2.05, 4.69) is 0 Å². The molecule has 1 amide bonds. The third-order valence-corrected chi connectivity index (χ3v) is 6.09. The number of amides is 1. The predicted octanol–water partition coefficient (Wildman–Crippen LogP) is 1.84. The Morgan fingerprint density at radius 3 is 2.42 bits per heavy atom. The van der Waals surface area contributed by atoms with Crippen molar-refractivity contribution in [3.63, 3.8) is 0 Å². The van der Waals surface area contributed by atoms with Crippen molar-refractivity contribution in [2.75, 3.05) is 40.9 Å². The number of rotatable bonds is 2. The second kappa shape index (κ2) is 5.94. The molecule has 1 aromatic carbocycles. The highest BCUT2D eigenvalue weighted by Crippen LogP contribution is 2.36. The first kappa shape index (κ1) is 17.1. The first-order chi connectivity index (χ1) is 11.2. The van der Waals surface area contributed by atoms with Crippen LogP contribution in [0.3, 0.4) is 0 Å². The first-order valence-corrected chi connectivity index (χ1v) is 9.41. The summed E-state index contributed by atoms with van der Waals surface area (Å²) in [6.07, 6.45) is -4.06. The summed E-state index contributed by atoms with van der Waals surface area (Å²) in [5, 5.41) is 0. The number of nitrogens with zero attached hydrogens (tertiary/aromatic N) is 2. The summed E-state index contributed by atoms with van der Waals surface area (Å²) in [5.41, 5.74) is 0.748. The topological polar surface area (TPSA) is 57.7 Å². The molecule has 3 rings (SSSR count). The lowest BCUT2D eigenvalue weighted by molar-refractivity contribution is -0.121. The zero-order valence-corrected chi connectivity index (χ0v) is 13.6. The molecule has 0 saturated carbocycles. The van der Waals surface area contributed by atoms with E-state index in [0.29, 0.717) is 11.4 Å². The van der Waals surface area contributed by atoms with E-state index in [-0.39, 0.29) is 36.9 Å². The molecular weight excluding hydrogens is 345 g/mol. The zero-order chi connectivity index (χ0) is 17.5. The number of hydrogen-bond acceptors (Lipinski definition) is 4. The average molecular weight is 362 g/mol. The molecule has 0 aromatic heterocycles. The van der Waals surface area contributed by atoms with E-state index >= 15 is 0 Å². The lowest BCUT2D eigenvalue weighted by atomic mass is 10.1. The van der Waals surface area contributed by atoms with Gasteiger partial charge in [-0.1, -0.05) is 12.1 Å². The smallest absolute Gasteiger partial charge is 0.359 e. The van der Waals surface area contributed by atoms with Gasteiger partial charge in [0.25, 0.3) is 0 Å². The van der Waals surface area contributed by atoms with E-state index in [0.717, 1.165) is 0 Å². The largest absolute Gasteiger partial charge is 0.405 e. The molecule has 0 aliphatic carbocycles. The minimum Gasteiger partial charge on any atom is -0.359 e. The molecule has 2 heterocycles. The van der Waals surface area contributed by atoms with Crippen molar-refractivity contribution in [3.8, 4) is 0 Å². The molecule has 1 atom stereocenters. The number of halogens is 3. The number of carbonyl (C=O) groups is 1. The highest BCUT2D eigenvalue weighted by Gasteiger charge is 2.39. The first-order valence-electron chi connectivity index (χ1n) is 7.59. The van der Waals surface area contributed by atoms with Gasteiger partial charge in [0.2, 0.25) is 5.91 Å². The van der Waals surface area contributed by atoms with E-state index in [1.165, 1.54) is 9.80 Å². The van der Waals surface area contributed by atoms with Crippen molar-refractivity contribution in [2.45, 2.75) is 12.6 Å². The molecular formula is C15H17F3N2O3S. The molecule has 0 spiro atoms. The predicted molar refractivity (Wildman–Crippen MR) is 83.8 cm³/mol. The van der Waals surface area contributed by atoms with Crippen LogP contribution in [0, 0.1) is 5.92 Å². The van der Waals surface area contributed by atoms with Gasteiger partial charge in [-0.05, 0) is 18.6 Å². The van der Waals surface area contributed by atoms with E-state index in [4.69, 9.17) is 0 Å². The number of fused-ring (bicyclic) bond motifs is 1. The fourth-order valence-electron chi connectivity index (χ4n) is 3.24. The number of carbonyl (C=O) groups excluding carboxylic acids is 1. The van der Waals surface area contributed by atoms with Crippen molar-refractivity contribution in [1.82, 2.24) is 0 Å². The van der Waals surface area contributed by atoms with Gasteiger partial charge in [0.1, 0.15) is 6.54 Å². The molecule has 0 bridgehead atoms. The van der Waals surface area contributed by atoms with Crippen LogP contribution in [0.4, 0.5) is 24.5 Å². The van der Waals surface area contributed by atoms with Gasteiger partial charge in [0.15, 0.2) is 9.84 Å². The number of alkyl halides is 3. The van der Waals surface area contributed by atoms with Crippen molar-refractivity contribution in [2.24, 2.45) is 5.92 Å². The molecule has 9 heteroatoms. The maximum atomic E-state index is 12.7. The van der Waals surface area contributed by atoms with Crippen molar-refractivity contribution in [3.05, 3.63) is 24.3 Å². The number of para-hydroxylation sites is 2. The second-order valence-corrected chi connectivity index (χ2v) is 8.34. The van der Waals surface area contributed by atoms with Gasteiger partial charge in [-0.2, -0.15) is 13.2 Å². The molecule has 1 aromatic rings. The van der Waals surface area contributed by atoms with E-state index < -0.39 is 28.5 Å². The van der Waals surface area contributed by atoms with Crippen LogP contribution >= 0.6 is 0 Å². The molecule has 132 valence electrons. The Labute approximate surface area is 138 Å². The quantitative estimate of drug-likeness (QED) is 0.806. The van der Waals surface area contributed by atoms with Crippen molar-refractivity contribution < 1.29 is 26.4 Å². The van der Waals surface area contributed by atoms with Gasteiger partial charge >= 0.3 is 6.18 Å². The number of hydrogen-bond donors (Lipinski definition) is 0. The fourth-order valence-corrected chi connectivity index (χ4v) is 4.97.